The fraction of sp³-hybridized carbons (Fsp3) is 0.278. The van der Waals surface area contributed by atoms with Gasteiger partial charge in [-0.05, 0) is 41.3 Å². The second-order valence-corrected chi connectivity index (χ2v) is 6.24. The van der Waals surface area contributed by atoms with Gasteiger partial charge in [-0.2, -0.15) is 0 Å². The van der Waals surface area contributed by atoms with E-state index < -0.39 is 0 Å². The summed E-state index contributed by atoms with van der Waals surface area (Å²) in [4.78, 5) is 11.9. The predicted molar refractivity (Wildman–Crippen MR) is 88.7 cm³/mol. The number of halogens is 1. The van der Waals surface area contributed by atoms with E-state index in [0.29, 0.717) is 5.69 Å². The normalized spacial score (nSPS) is 11.1. The molecule has 2 N–H and O–H groups in total. The van der Waals surface area contributed by atoms with Crippen molar-refractivity contribution < 1.29 is 9.18 Å². The first-order chi connectivity index (χ1) is 10.3. The lowest BCUT2D eigenvalue weighted by Crippen LogP contribution is -2.21. The molecule has 0 atom stereocenters. The molecule has 2 aromatic rings. The highest BCUT2D eigenvalue weighted by Gasteiger charge is 2.13. The van der Waals surface area contributed by atoms with Gasteiger partial charge >= 0.3 is 0 Å². The Morgan fingerprint density at radius 2 is 1.73 bits per heavy atom. The fourth-order valence-corrected chi connectivity index (χ4v) is 2.04. The topological polar surface area (TPSA) is 41.1 Å². The molecule has 1 amide bonds. The Balaban J connectivity index is 1.89. The molecule has 0 aliphatic carbocycles. The van der Waals surface area contributed by atoms with Gasteiger partial charge in [0.1, 0.15) is 5.82 Å². The summed E-state index contributed by atoms with van der Waals surface area (Å²) in [6.45, 7) is 6.51. The number of carbonyl (C=O) groups is 1. The van der Waals surface area contributed by atoms with E-state index >= 15 is 0 Å². The van der Waals surface area contributed by atoms with Crippen molar-refractivity contribution in [3.63, 3.8) is 0 Å². The first kappa shape index (κ1) is 16.0. The second-order valence-electron chi connectivity index (χ2n) is 6.24. The Kier molecular flexibility index (Phi) is 4.81. The highest BCUT2D eigenvalue weighted by Crippen LogP contribution is 2.23. The molecule has 0 spiro atoms. The highest BCUT2D eigenvalue weighted by molar-refractivity contribution is 5.93. The van der Waals surface area contributed by atoms with Crippen molar-refractivity contribution in [1.82, 2.24) is 0 Å². The molecular weight excluding hydrogens is 279 g/mol. The minimum absolute atomic E-state index is 0.0848. The van der Waals surface area contributed by atoms with Gasteiger partial charge in [0, 0.05) is 11.4 Å². The molecule has 0 unspecified atom stereocenters. The fourth-order valence-electron chi connectivity index (χ4n) is 2.04. The summed E-state index contributed by atoms with van der Waals surface area (Å²) in [5, 5.41) is 5.70. The zero-order valence-electron chi connectivity index (χ0n) is 13.1. The number of anilines is 2. The van der Waals surface area contributed by atoms with E-state index in [-0.39, 0.29) is 23.7 Å². The van der Waals surface area contributed by atoms with Gasteiger partial charge in [-0.1, -0.05) is 39.0 Å². The van der Waals surface area contributed by atoms with Gasteiger partial charge in [-0.3, -0.25) is 4.79 Å². The maximum atomic E-state index is 13.0. The second kappa shape index (κ2) is 6.60. The molecule has 0 radical (unpaired) electrons. The first-order valence-electron chi connectivity index (χ1n) is 7.24. The van der Waals surface area contributed by atoms with Crippen molar-refractivity contribution in [2.24, 2.45) is 0 Å². The van der Waals surface area contributed by atoms with Crippen LogP contribution in [0.4, 0.5) is 15.8 Å². The molecule has 0 aliphatic heterocycles. The smallest absolute Gasteiger partial charge is 0.243 e. The molecule has 2 rings (SSSR count). The van der Waals surface area contributed by atoms with Crippen LogP contribution in [-0.4, -0.2) is 12.5 Å². The van der Waals surface area contributed by atoms with Crippen molar-refractivity contribution in [2.75, 3.05) is 17.2 Å². The van der Waals surface area contributed by atoms with E-state index in [2.05, 4.69) is 31.4 Å². The number of benzene rings is 2. The Bertz CT molecular complexity index is 645. The molecule has 0 aromatic heterocycles. The Hall–Kier alpha value is -2.36. The number of hydrogen-bond acceptors (Lipinski definition) is 2. The van der Waals surface area contributed by atoms with Crippen LogP contribution in [0.2, 0.25) is 0 Å². The predicted octanol–water partition coefficient (Wildman–Crippen LogP) is 4.17. The van der Waals surface area contributed by atoms with Gasteiger partial charge in [-0.15, -0.1) is 0 Å². The minimum atomic E-state index is -0.330. The molecule has 0 saturated carbocycles. The molecular formula is C18H21FN2O. The van der Waals surface area contributed by atoms with Crippen LogP contribution >= 0.6 is 0 Å². The van der Waals surface area contributed by atoms with Crippen molar-refractivity contribution in [3.05, 3.63) is 59.9 Å². The summed E-state index contributed by atoms with van der Waals surface area (Å²) in [5.41, 5.74) is 2.63. The van der Waals surface area contributed by atoms with Crippen LogP contribution in [0.15, 0.2) is 48.5 Å². The maximum absolute atomic E-state index is 13.0. The summed E-state index contributed by atoms with van der Waals surface area (Å²) in [7, 11) is 0. The highest BCUT2D eigenvalue weighted by atomic mass is 19.1. The van der Waals surface area contributed by atoms with Crippen LogP contribution in [0.1, 0.15) is 26.3 Å². The minimum Gasteiger partial charge on any atom is -0.376 e. The molecule has 0 saturated heterocycles. The molecule has 3 nitrogen and oxygen atoms in total. The van der Waals surface area contributed by atoms with Crippen molar-refractivity contribution in [3.8, 4) is 0 Å². The van der Waals surface area contributed by atoms with Crippen LogP contribution in [0, 0.1) is 5.82 Å². The summed E-state index contributed by atoms with van der Waals surface area (Å²) in [6, 6.07) is 13.8. The maximum Gasteiger partial charge on any atom is 0.243 e. The third kappa shape index (κ3) is 4.58. The average molecular weight is 300 g/mol. The van der Waals surface area contributed by atoms with E-state index in [1.807, 2.05) is 24.3 Å². The Labute approximate surface area is 130 Å². The third-order valence-corrected chi connectivity index (χ3v) is 3.31. The van der Waals surface area contributed by atoms with Crippen molar-refractivity contribution in [2.45, 2.75) is 26.2 Å². The first-order valence-corrected chi connectivity index (χ1v) is 7.24. The zero-order valence-corrected chi connectivity index (χ0v) is 13.1. The summed E-state index contributed by atoms with van der Waals surface area (Å²) >= 11 is 0. The lowest BCUT2D eigenvalue weighted by atomic mass is 9.87. The van der Waals surface area contributed by atoms with Gasteiger partial charge in [0.25, 0.3) is 0 Å². The van der Waals surface area contributed by atoms with E-state index in [1.54, 1.807) is 12.1 Å². The van der Waals surface area contributed by atoms with Gasteiger partial charge < -0.3 is 10.6 Å². The van der Waals surface area contributed by atoms with Crippen LogP contribution in [0.3, 0.4) is 0 Å². The lowest BCUT2D eigenvalue weighted by Gasteiger charge is -2.19. The molecule has 0 bridgehead atoms. The molecule has 4 heteroatoms. The summed E-state index contributed by atoms with van der Waals surface area (Å²) in [5.74, 6) is -0.504. The van der Waals surface area contributed by atoms with Gasteiger partial charge in [-0.25, -0.2) is 4.39 Å². The standard InChI is InChI=1S/C18H21FN2O/c1-18(2,3)13-7-9-15(10-8-13)21-17(22)12-20-16-6-4-5-14(19)11-16/h4-11,20H,12H2,1-3H3,(H,21,22). The molecule has 116 valence electrons. The molecule has 2 aromatic carbocycles. The van der Waals surface area contributed by atoms with E-state index in [4.69, 9.17) is 0 Å². The van der Waals surface area contributed by atoms with E-state index in [0.717, 1.165) is 5.69 Å². The monoisotopic (exact) mass is 300 g/mol. The van der Waals surface area contributed by atoms with Crippen LogP contribution in [-0.2, 0) is 10.2 Å². The number of rotatable bonds is 4. The summed E-state index contributed by atoms with van der Waals surface area (Å²) in [6.07, 6.45) is 0. The molecule has 0 heterocycles. The third-order valence-electron chi connectivity index (χ3n) is 3.31. The van der Waals surface area contributed by atoms with Crippen molar-refractivity contribution >= 4 is 17.3 Å². The van der Waals surface area contributed by atoms with Gasteiger partial charge in [0.05, 0.1) is 6.54 Å². The number of amides is 1. The largest absolute Gasteiger partial charge is 0.376 e. The summed E-state index contributed by atoms with van der Waals surface area (Å²) < 4.78 is 13.0. The van der Waals surface area contributed by atoms with Crippen LogP contribution in [0.25, 0.3) is 0 Å². The van der Waals surface area contributed by atoms with Crippen molar-refractivity contribution in [1.29, 1.82) is 0 Å². The van der Waals surface area contributed by atoms with Gasteiger partial charge in [0.15, 0.2) is 0 Å². The SMILES string of the molecule is CC(C)(C)c1ccc(NC(=O)CNc2cccc(F)c2)cc1. The quantitative estimate of drug-likeness (QED) is 0.889. The van der Waals surface area contributed by atoms with Crippen LogP contribution in [0.5, 0.6) is 0 Å². The van der Waals surface area contributed by atoms with Gasteiger partial charge in [0.2, 0.25) is 5.91 Å². The Morgan fingerprint density at radius 3 is 2.32 bits per heavy atom. The van der Waals surface area contributed by atoms with E-state index in [9.17, 15) is 9.18 Å². The van der Waals surface area contributed by atoms with Crippen LogP contribution < -0.4 is 10.6 Å². The molecule has 0 fully saturated rings. The molecule has 22 heavy (non-hydrogen) atoms. The zero-order chi connectivity index (χ0) is 16.2. The molecule has 0 aliphatic rings. The average Bonchev–Trinajstić information content (AvgIpc) is 2.45. The lowest BCUT2D eigenvalue weighted by molar-refractivity contribution is -0.114. The number of nitrogens with one attached hydrogen (secondary N) is 2. The number of carbonyl (C=O) groups excluding carboxylic acids is 1. The van der Waals surface area contributed by atoms with E-state index in [1.165, 1.54) is 17.7 Å². The number of hydrogen-bond donors (Lipinski definition) is 2. The Morgan fingerprint density at radius 1 is 1.05 bits per heavy atom.